The minimum absolute atomic E-state index is 0.109. The fraction of sp³-hybridized carbons (Fsp3) is 0.533. The molecule has 1 heterocycles. The Labute approximate surface area is 103 Å². The molecule has 0 spiro atoms. The third-order valence-corrected chi connectivity index (χ3v) is 3.40. The van der Waals surface area contributed by atoms with Crippen molar-refractivity contribution in [2.75, 3.05) is 6.61 Å². The highest BCUT2D eigenvalue weighted by Crippen LogP contribution is 2.27. The second kappa shape index (κ2) is 5.23. The summed E-state index contributed by atoms with van der Waals surface area (Å²) in [7, 11) is 0. The molecule has 0 N–H and O–H groups in total. The van der Waals surface area contributed by atoms with Crippen LogP contribution in [0.1, 0.15) is 31.4 Å². The molecule has 0 aromatic heterocycles. The number of benzene rings is 1. The Morgan fingerprint density at radius 3 is 2.94 bits per heavy atom. The molecule has 0 aliphatic carbocycles. The van der Waals surface area contributed by atoms with E-state index in [1.54, 1.807) is 0 Å². The lowest BCUT2D eigenvalue weighted by molar-refractivity contribution is 0.288. The van der Waals surface area contributed by atoms with Crippen molar-refractivity contribution < 1.29 is 4.74 Å². The number of nitrogens with zero attached hydrogens (tertiary/aromatic N) is 1. The van der Waals surface area contributed by atoms with Crippen LogP contribution in [0, 0.1) is 23.2 Å². The van der Waals surface area contributed by atoms with Gasteiger partial charge < -0.3 is 4.74 Å². The summed E-state index contributed by atoms with van der Waals surface area (Å²) in [5, 5.41) is 9.12. The summed E-state index contributed by atoms with van der Waals surface area (Å²) in [5.74, 6) is 1.54. The molecule has 2 rings (SSSR count). The van der Waals surface area contributed by atoms with Crippen LogP contribution in [0.3, 0.4) is 0 Å². The second-order valence-corrected chi connectivity index (χ2v) is 5.08. The molecule has 1 aromatic rings. The van der Waals surface area contributed by atoms with E-state index >= 15 is 0 Å². The smallest absolute Gasteiger partial charge is 0.122 e. The maximum Gasteiger partial charge on any atom is 0.122 e. The first-order valence-electron chi connectivity index (χ1n) is 6.35. The molecule has 1 atom stereocenters. The quantitative estimate of drug-likeness (QED) is 0.796. The van der Waals surface area contributed by atoms with Gasteiger partial charge in [-0.1, -0.05) is 26.0 Å². The van der Waals surface area contributed by atoms with E-state index < -0.39 is 0 Å². The van der Waals surface area contributed by atoms with E-state index in [2.05, 4.69) is 38.1 Å². The van der Waals surface area contributed by atoms with Gasteiger partial charge in [-0.2, -0.15) is 5.26 Å². The summed E-state index contributed by atoms with van der Waals surface area (Å²) in [4.78, 5) is 0. The van der Waals surface area contributed by atoms with Gasteiger partial charge in [0.25, 0.3) is 0 Å². The van der Waals surface area contributed by atoms with Crippen molar-refractivity contribution in [2.24, 2.45) is 11.8 Å². The number of hydrogen-bond donors (Lipinski definition) is 0. The second-order valence-electron chi connectivity index (χ2n) is 5.08. The van der Waals surface area contributed by atoms with Gasteiger partial charge in [0.15, 0.2) is 0 Å². The Morgan fingerprint density at radius 2 is 2.24 bits per heavy atom. The zero-order valence-electron chi connectivity index (χ0n) is 10.6. The Morgan fingerprint density at radius 1 is 1.41 bits per heavy atom. The van der Waals surface area contributed by atoms with Crippen LogP contribution in [0.2, 0.25) is 0 Å². The molecule has 90 valence electrons. The highest BCUT2D eigenvalue weighted by molar-refractivity contribution is 5.38. The van der Waals surface area contributed by atoms with E-state index in [0.29, 0.717) is 5.92 Å². The van der Waals surface area contributed by atoms with Crippen LogP contribution < -0.4 is 4.74 Å². The van der Waals surface area contributed by atoms with Crippen molar-refractivity contribution in [1.82, 2.24) is 0 Å². The lowest BCUT2D eigenvalue weighted by atomic mass is 9.89. The fourth-order valence-corrected chi connectivity index (χ4v) is 2.23. The molecule has 2 heteroatoms. The van der Waals surface area contributed by atoms with Gasteiger partial charge in [0.05, 0.1) is 18.6 Å². The maximum atomic E-state index is 9.12. The molecule has 2 nitrogen and oxygen atoms in total. The SMILES string of the molecule is CC(C)C(C#N)Cc1ccc2c(c1)CCCO2. The fourth-order valence-electron chi connectivity index (χ4n) is 2.23. The number of fused-ring (bicyclic) bond motifs is 1. The number of rotatable bonds is 3. The third kappa shape index (κ3) is 2.79. The minimum Gasteiger partial charge on any atom is -0.493 e. The molecule has 0 radical (unpaired) electrons. The first kappa shape index (κ1) is 12.0. The first-order chi connectivity index (χ1) is 8.20. The lowest BCUT2D eigenvalue weighted by Crippen LogP contribution is -2.11. The summed E-state index contributed by atoms with van der Waals surface area (Å²) < 4.78 is 5.59. The predicted octanol–water partition coefficient (Wildman–Crippen LogP) is 3.35. The zero-order chi connectivity index (χ0) is 12.3. The largest absolute Gasteiger partial charge is 0.493 e. The summed E-state index contributed by atoms with van der Waals surface area (Å²) in [6.45, 7) is 5.05. The first-order valence-corrected chi connectivity index (χ1v) is 6.35. The molecular weight excluding hydrogens is 210 g/mol. The van der Waals surface area contributed by atoms with E-state index in [0.717, 1.165) is 31.6 Å². The summed E-state index contributed by atoms with van der Waals surface area (Å²) in [6, 6.07) is 8.76. The van der Waals surface area contributed by atoms with Crippen molar-refractivity contribution >= 4 is 0 Å². The van der Waals surface area contributed by atoms with Gasteiger partial charge in [0, 0.05) is 0 Å². The molecule has 1 aromatic carbocycles. The molecule has 0 amide bonds. The topological polar surface area (TPSA) is 33.0 Å². The Hall–Kier alpha value is -1.49. The van der Waals surface area contributed by atoms with Crippen LogP contribution >= 0.6 is 0 Å². The van der Waals surface area contributed by atoms with Crippen molar-refractivity contribution in [2.45, 2.75) is 33.1 Å². The molecule has 1 unspecified atom stereocenters. The molecule has 0 fully saturated rings. The van der Waals surface area contributed by atoms with Gasteiger partial charge in [0.2, 0.25) is 0 Å². The van der Waals surface area contributed by atoms with Crippen LogP contribution in [0.4, 0.5) is 0 Å². The standard InChI is InChI=1S/C15H19NO/c1-11(2)14(10-16)9-12-5-6-15-13(8-12)4-3-7-17-15/h5-6,8,11,14H,3-4,7,9H2,1-2H3. The number of ether oxygens (including phenoxy) is 1. The van der Waals surface area contributed by atoms with Crippen molar-refractivity contribution in [3.8, 4) is 11.8 Å². The normalized spacial score (nSPS) is 15.9. The van der Waals surface area contributed by atoms with Gasteiger partial charge in [0.1, 0.15) is 5.75 Å². The monoisotopic (exact) mass is 229 g/mol. The van der Waals surface area contributed by atoms with Gasteiger partial charge >= 0.3 is 0 Å². The predicted molar refractivity (Wildman–Crippen MR) is 67.9 cm³/mol. The van der Waals surface area contributed by atoms with E-state index in [1.165, 1.54) is 11.1 Å². The Kier molecular flexibility index (Phi) is 3.68. The Balaban J connectivity index is 2.14. The van der Waals surface area contributed by atoms with Crippen LogP contribution in [-0.4, -0.2) is 6.61 Å². The average molecular weight is 229 g/mol. The highest BCUT2D eigenvalue weighted by Gasteiger charge is 2.15. The van der Waals surface area contributed by atoms with Crippen LogP contribution in [0.15, 0.2) is 18.2 Å². The third-order valence-electron chi connectivity index (χ3n) is 3.40. The highest BCUT2D eigenvalue weighted by atomic mass is 16.5. The van der Waals surface area contributed by atoms with Crippen molar-refractivity contribution in [3.05, 3.63) is 29.3 Å². The van der Waals surface area contributed by atoms with Gasteiger partial charge in [-0.15, -0.1) is 0 Å². The molecule has 0 saturated carbocycles. The number of aryl methyl sites for hydroxylation is 1. The molecule has 0 saturated heterocycles. The Bertz CT molecular complexity index is 431. The van der Waals surface area contributed by atoms with E-state index in [9.17, 15) is 0 Å². The van der Waals surface area contributed by atoms with Crippen molar-refractivity contribution in [1.29, 1.82) is 5.26 Å². The summed E-state index contributed by atoms with van der Waals surface area (Å²) in [6.07, 6.45) is 3.05. The zero-order valence-corrected chi connectivity index (χ0v) is 10.6. The van der Waals surface area contributed by atoms with Crippen LogP contribution in [0.5, 0.6) is 5.75 Å². The maximum absolute atomic E-state index is 9.12. The summed E-state index contributed by atoms with van der Waals surface area (Å²) >= 11 is 0. The molecule has 1 aliphatic heterocycles. The number of nitriles is 1. The van der Waals surface area contributed by atoms with Gasteiger partial charge in [-0.05, 0) is 42.4 Å². The number of hydrogen-bond acceptors (Lipinski definition) is 2. The lowest BCUT2D eigenvalue weighted by Gasteiger charge is -2.19. The minimum atomic E-state index is 0.109. The van der Waals surface area contributed by atoms with E-state index in [4.69, 9.17) is 10.00 Å². The molecule has 1 aliphatic rings. The van der Waals surface area contributed by atoms with Crippen molar-refractivity contribution in [3.63, 3.8) is 0 Å². The van der Waals surface area contributed by atoms with Crippen LogP contribution in [-0.2, 0) is 12.8 Å². The summed E-state index contributed by atoms with van der Waals surface area (Å²) in [5.41, 5.74) is 2.56. The molecular formula is C15H19NO. The average Bonchev–Trinajstić information content (AvgIpc) is 2.35. The van der Waals surface area contributed by atoms with E-state index in [1.807, 2.05) is 0 Å². The molecule has 0 bridgehead atoms. The van der Waals surface area contributed by atoms with Crippen LogP contribution in [0.25, 0.3) is 0 Å². The van der Waals surface area contributed by atoms with Gasteiger partial charge in [-0.3, -0.25) is 0 Å². The van der Waals surface area contributed by atoms with E-state index in [-0.39, 0.29) is 5.92 Å². The van der Waals surface area contributed by atoms with Gasteiger partial charge in [-0.25, -0.2) is 0 Å². The molecule has 17 heavy (non-hydrogen) atoms.